The third kappa shape index (κ3) is 3.33. The van der Waals surface area contributed by atoms with E-state index in [0.29, 0.717) is 5.69 Å². The van der Waals surface area contributed by atoms with Crippen LogP contribution in [0.5, 0.6) is 0 Å². The SMILES string of the molecule is CC1CCCCc2cc(ccn2)-c2nn(-c3cncnc3)cc2NC1=O. The van der Waals surface area contributed by atoms with E-state index in [0.717, 1.165) is 48.3 Å². The van der Waals surface area contributed by atoms with Gasteiger partial charge >= 0.3 is 0 Å². The van der Waals surface area contributed by atoms with E-state index in [9.17, 15) is 4.79 Å². The van der Waals surface area contributed by atoms with Gasteiger partial charge in [-0.1, -0.05) is 13.3 Å². The molecule has 4 rings (SSSR count). The average Bonchev–Trinajstić information content (AvgIpc) is 3.09. The summed E-state index contributed by atoms with van der Waals surface area (Å²) >= 11 is 0. The third-order valence-electron chi connectivity index (χ3n) is 4.64. The molecule has 0 fully saturated rings. The monoisotopic (exact) mass is 348 g/mol. The third-order valence-corrected chi connectivity index (χ3v) is 4.64. The van der Waals surface area contributed by atoms with Crippen molar-refractivity contribution in [3.63, 3.8) is 0 Å². The topological polar surface area (TPSA) is 85.6 Å². The molecular weight excluding hydrogens is 328 g/mol. The molecule has 1 amide bonds. The summed E-state index contributed by atoms with van der Waals surface area (Å²) in [6.45, 7) is 1.97. The van der Waals surface area contributed by atoms with Crippen LogP contribution in [0.2, 0.25) is 0 Å². The van der Waals surface area contributed by atoms with Gasteiger partial charge in [-0.3, -0.25) is 9.78 Å². The van der Waals surface area contributed by atoms with Crippen molar-refractivity contribution in [3.05, 3.63) is 48.9 Å². The number of hydrogen-bond donors (Lipinski definition) is 1. The number of rotatable bonds is 1. The quantitative estimate of drug-likeness (QED) is 0.730. The van der Waals surface area contributed by atoms with Gasteiger partial charge in [0.2, 0.25) is 5.91 Å². The fourth-order valence-corrected chi connectivity index (χ4v) is 3.13. The number of carbonyl (C=O) groups excluding carboxylic acids is 1. The Morgan fingerprint density at radius 2 is 2.08 bits per heavy atom. The summed E-state index contributed by atoms with van der Waals surface area (Å²) in [6.07, 6.45) is 12.3. The molecule has 1 aliphatic rings. The van der Waals surface area contributed by atoms with Crippen LogP contribution in [0.25, 0.3) is 16.9 Å². The summed E-state index contributed by atoms with van der Waals surface area (Å²) in [5, 5.41) is 7.72. The van der Waals surface area contributed by atoms with Crippen LogP contribution in [-0.2, 0) is 11.2 Å². The van der Waals surface area contributed by atoms with Gasteiger partial charge in [-0.15, -0.1) is 0 Å². The molecule has 2 bridgehead atoms. The molecule has 132 valence electrons. The van der Waals surface area contributed by atoms with Crippen molar-refractivity contribution < 1.29 is 4.79 Å². The van der Waals surface area contributed by atoms with E-state index in [1.807, 2.05) is 19.2 Å². The van der Waals surface area contributed by atoms with Crippen LogP contribution >= 0.6 is 0 Å². The van der Waals surface area contributed by atoms with Gasteiger partial charge in [0, 0.05) is 23.4 Å². The molecule has 0 spiro atoms. The molecule has 7 heteroatoms. The summed E-state index contributed by atoms with van der Waals surface area (Å²) in [5.74, 6) is -0.0260. The molecule has 1 N–H and O–H groups in total. The molecule has 0 aromatic carbocycles. The van der Waals surface area contributed by atoms with E-state index in [1.165, 1.54) is 6.33 Å². The first-order valence-corrected chi connectivity index (χ1v) is 8.82. The Kier molecular flexibility index (Phi) is 4.43. The Hall–Kier alpha value is -3.09. The number of carbonyl (C=O) groups is 1. The lowest BCUT2D eigenvalue weighted by Crippen LogP contribution is -2.20. The largest absolute Gasteiger partial charge is 0.323 e. The maximum atomic E-state index is 12.6. The Balaban J connectivity index is 1.82. The first-order valence-electron chi connectivity index (χ1n) is 8.82. The molecule has 0 aliphatic carbocycles. The Morgan fingerprint density at radius 1 is 1.23 bits per heavy atom. The molecule has 1 unspecified atom stereocenters. The predicted octanol–water partition coefficient (Wildman–Crippen LogP) is 3.03. The molecule has 4 heterocycles. The van der Waals surface area contributed by atoms with Crippen LogP contribution in [0.3, 0.4) is 0 Å². The Bertz CT molecular complexity index is 921. The van der Waals surface area contributed by atoms with E-state index >= 15 is 0 Å². The van der Waals surface area contributed by atoms with E-state index in [4.69, 9.17) is 0 Å². The smallest absolute Gasteiger partial charge is 0.227 e. The van der Waals surface area contributed by atoms with Crippen molar-refractivity contribution in [2.75, 3.05) is 5.32 Å². The fraction of sp³-hybridized carbons (Fsp3) is 0.316. The van der Waals surface area contributed by atoms with Gasteiger partial charge in [-0.25, -0.2) is 14.6 Å². The molecule has 0 saturated carbocycles. The van der Waals surface area contributed by atoms with Crippen LogP contribution in [0.4, 0.5) is 5.69 Å². The summed E-state index contributed by atoms with van der Waals surface area (Å²) in [7, 11) is 0. The number of amides is 1. The highest BCUT2D eigenvalue weighted by atomic mass is 16.1. The van der Waals surface area contributed by atoms with Gasteiger partial charge in [0.05, 0.1) is 24.3 Å². The molecule has 1 atom stereocenters. The number of nitrogens with zero attached hydrogens (tertiary/aromatic N) is 5. The maximum Gasteiger partial charge on any atom is 0.227 e. The van der Waals surface area contributed by atoms with Crippen LogP contribution in [0.15, 0.2) is 43.2 Å². The normalized spacial score (nSPS) is 17.6. The van der Waals surface area contributed by atoms with Crippen molar-refractivity contribution in [2.24, 2.45) is 5.92 Å². The first-order chi connectivity index (χ1) is 12.7. The zero-order valence-corrected chi connectivity index (χ0v) is 14.6. The highest BCUT2D eigenvalue weighted by Gasteiger charge is 2.19. The number of anilines is 1. The summed E-state index contributed by atoms with van der Waals surface area (Å²) in [6, 6.07) is 3.97. The minimum absolute atomic E-state index is 0.0185. The molecule has 3 aromatic rings. The number of pyridine rings is 1. The van der Waals surface area contributed by atoms with Gasteiger partial charge in [-0.2, -0.15) is 5.10 Å². The minimum Gasteiger partial charge on any atom is -0.323 e. The van der Waals surface area contributed by atoms with Crippen molar-refractivity contribution in [2.45, 2.75) is 32.6 Å². The van der Waals surface area contributed by atoms with Gasteiger partial charge in [-0.05, 0) is 31.4 Å². The number of aryl methyl sites for hydroxylation is 1. The lowest BCUT2D eigenvalue weighted by atomic mass is 10.00. The van der Waals surface area contributed by atoms with Crippen molar-refractivity contribution in [1.82, 2.24) is 24.7 Å². The number of nitrogens with one attached hydrogen (secondary N) is 1. The van der Waals surface area contributed by atoms with E-state index < -0.39 is 0 Å². The lowest BCUT2D eigenvalue weighted by Gasteiger charge is -2.13. The zero-order valence-electron chi connectivity index (χ0n) is 14.6. The van der Waals surface area contributed by atoms with Crippen LogP contribution in [0, 0.1) is 5.92 Å². The van der Waals surface area contributed by atoms with Crippen LogP contribution in [0.1, 0.15) is 31.9 Å². The molecule has 0 radical (unpaired) electrons. The lowest BCUT2D eigenvalue weighted by molar-refractivity contribution is -0.119. The molecule has 3 aromatic heterocycles. The maximum absolute atomic E-state index is 12.6. The Labute approximate surface area is 151 Å². The second-order valence-electron chi connectivity index (χ2n) is 6.60. The van der Waals surface area contributed by atoms with Gasteiger partial charge in [0.25, 0.3) is 0 Å². The molecule has 26 heavy (non-hydrogen) atoms. The number of fused-ring (bicyclic) bond motifs is 4. The van der Waals surface area contributed by atoms with Gasteiger partial charge in [0.15, 0.2) is 0 Å². The first kappa shape index (κ1) is 16.4. The van der Waals surface area contributed by atoms with Gasteiger partial charge in [0.1, 0.15) is 17.7 Å². The van der Waals surface area contributed by atoms with Crippen molar-refractivity contribution in [3.8, 4) is 16.9 Å². The molecule has 1 aliphatic heterocycles. The number of hydrogen-bond acceptors (Lipinski definition) is 5. The van der Waals surface area contributed by atoms with Gasteiger partial charge < -0.3 is 5.32 Å². The molecule has 0 saturated heterocycles. The van der Waals surface area contributed by atoms with E-state index in [1.54, 1.807) is 23.3 Å². The standard InChI is InChI=1S/C19H20N6O/c1-13-4-2-3-5-15-8-14(6-7-22-15)18-17(23-19(13)26)11-25(24-18)16-9-20-12-21-10-16/h6-13H,2-5H2,1H3,(H,23,26). The predicted molar refractivity (Wildman–Crippen MR) is 97.7 cm³/mol. The second kappa shape index (κ2) is 7.03. The van der Waals surface area contributed by atoms with Crippen molar-refractivity contribution in [1.29, 1.82) is 0 Å². The fourth-order valence-electron chi connectivity index (χ4n) is 3.13. The van der Waals surface area contributed by atoms with Crippen molar-refractivity contribution >= 4 is 11.6 Å². The van der Waals surface area contributed by atoms with E-state index in [2.05, 4.69) is 31.4 Å². The molecular formula is C19H20N6O. The number of aromatic nitrogens is 5. The molecule has 7 nitrogen and oxygen atoms in total. The highest BCUT2D eigenvalue weighted by molar-refractivity contribution is 5.95. The van der Waals surface area contributed by atoms with E-state index in [-0.39, 0.29) is 11.8 Å². The van der Waals surface area contributed by atoms with Crippen LogP contribution in [-0.4, -0.2) is 30.6 Å². The minimum atomic E-state index is -0.0445. The second-order valence-corrected chi connectivity index (χ2v) is 6.60. The highest BCUT2D eigenvalue weighted by Crippen LogP contribution is 2.29. The summed E-state index contributed by atoms with van der Waals surface area (Å²) < 4.78 is 1.69. The van der Waals surface area contributed by atoms with Crippen LogP contribution < -0.4 is 5.32 Å². The summed E-state index contributed by atoms with van der Waals surface area (Å²) in [4.78, 5) is 25.1. The Morgan fingerprint density at radius 3 is 2.92 bits per heavy atom. The average molecular weight is 348 g/mol. The summed E-state index contributed by atoms with van der Waals surface area (Å²) in [5.41, 5.74) is 4.13. The zero-order chi connectivity index (χ0) is 17.9.